The lowest BCUT2D eigenvalue weighted by Gasteiger charge is -2.36. The number of sulfonamides is 1. The summed E-state index contributed by atoms with van der Waals surface area (Å²) >= 11 is 0. The van der Waals surface area contributed by atoms with Gasteiger partial charge in [-0.3, -0.25) is 4.79 Å². The molecule has 1 heterocycles. The summed E-state index contributed by atoms with van der Waals surface area (Å²) in [5.41, 5.74) is 0. The van der Waals surface area contributed by atoms with Crippen molar-refractivity contribution in [3.8, 4) is 0 Å². The number of hydrogen-bond acceptors (Lipinski definition) is 5. The molecule has 1 aliphatic heterocycles. The van der Waals surface area contributed by atoms with Gasteiger partial charge in [0, 0.05) is 12.5 Å². The van der Waals surface area contributed by atoms with Crippen molar-refractivity contribution in [1.29, 1.82) is 0 Å². The fraction of sp³-hybridized carbons (Fsp3) is 0.632. The van der Waals surface area contributed by atoms with E-state index in [1.54, 1.807) is 0 Å². The molecule has 1 amide bonds. The summed E-state index contributed by atoms with van der Waals surface area (Å²) in [4.78, 5) is 11.7. The monoisotopic (exact) mass is 414 g/mol. The second-order valence-corrected chi connectivity index (χ2v) is 9.16. The summed E-state index contributed by atoms with van der Waals surface area (Å²) < 4.78 is 46.6. The quantitative estimate of drug-likeness (QED) is 0.595. The molecule has 0 bridgehead atoms. The van der Waals surface area contributed by atoms with Crippen molar-refractivity contribution in [2.75, 3.05) is 13.2 Å². The molecule has 2 fully saturated rings. The molecule has 1 saturated carbocycles. The molecule has 3 N–H and O–H groups in total. The third kappa shape index (κ3) is 5.28. The smallest absolute Gasteiger partial charge is 0.241 e. The molecule has 7 nitrogen and oxygen atoms in total. The summed E-state index contributed by atoms with van der Waals surface area (Å²) in [6.45, 7) is 0.166. The van der Waals surface area contributed by atoms with Crippen LogP contribution < -0.4 is 10.0 Å². The van der Waals surface area contributed by atoms with Gasteiger partial charge in [0.25, 0.3) is 0 Å². The molecule has 0 unspecified atom stereocenters. The van der Waals surface area contributed by atoms with E-state index < -0.39 is 28.0 Å². The van der Waals surface area contributed by atoms with Gasteiger partial charge in [0.2, 0.25) is 15.9 Å². The lowest BCUT2D eigenvalue weighted by Crippen LogP contribution is -2.51. The molecular weight excluding hydrogens is 387 g/mol. The number of halogens is 1. The van der Waals surface area contributed by atoms with Gasteiger partial charge in [-0.15, -0.1) is 0 Å². The third-order valence-electron chi connectivity index (χ3n) is 5.45. The molecular formula is C19H27FN2O5S. The first-order chi connectivity index (χ1) is 13.4. The molecule has 1 aromatic rings. The Morgan fingerprint density at radius 2 is 2.04 bits per heavy atom. The second-order valence-electron chi connectivity index (χ2n) is 7.45. The van der Waals surface area contributed by atoms with Crippen molar-refractivity contribution in [3.63, 3.8) is 0 Å². The number of benzene rings is 1. The van der Waals surface area contributed by atoms with Crippen LogP contribution in [-0.4, -0.2) is 50.8 Å². The van der Waals surface area contributed by atoms with Crippen molar-refractivity contribution in [2.24, 2.45) is 5.92 Å². The van der Waals surface area contributed by atoms with E-state index in [-0.39, 0.29) is 29.4 Å². The van der Waals surface area contributed by atoms with Crippen molar-refractivity contribution in [2.45, 2.75) is 61.7 Å². The van der Waals surface area contributed by atoms with Crippen LogP contribution in [0.1, 0.15) is 38.5 Å². The number of amides is 1. The molecule has 2 aliphatic rings. The Morgan fingerprint density at radius 1 is 1.25 bits per heavy atom. The van der Waals surface area contributed by atoms with Crippen molar-refractivity contribution in [3.05, 3.63) is 30.1 Å². The highest BCUT2D eigenvalue weighted by Gasteiger charge is 2.34. The second kappa shape index (κ2) is 9.30. The maximum atomic E-state index is 13.3. The zero-order chi connectivity index (χ0) is 20.1. The molecule has 0 radical (unpaired) electrons. The van der Waals surface area contributed by atoms with Crippen LogP contribution in [0.15, 0.2) is 29.2 Å². The first kappa shape index (κ1) is 21.2. The highest BCUT2D eigenvalue weighted by Crippen LogP contribution is 2.26. The first-order valence-electron chi connectivity index (χ1n) is 9.71. The Labute approximate surface area is 164 Å². The lowest BCUT2D eigenvalue weighted by molar-refractivity contribution is -0.127. The van der Waals surface area contributed by atoms with E-state index in [2.05, 4.69) is 10.0 Å². The number of aliphatic hydroxyl groups excluding tert-OH is 1. The Hall–Kier alpha value is -1.55. The van der Waals surface area contributed by atoms with E-state index in [1.165, 1.54) is 18.2 Å². The summed E-state index contributed by atoms with van der Waals surface area (Å²) in [5, 5.41) is 12.5. The number of nitrogens with one attached hydrogen (secondary N) is 2. The molecule has 1 aromatic carbocycles. The molecule has 0 spiro atoms. The summed E-state index contributed by atoms with van der Waals surface area (Å²) in [5.74, 6) is -0.411. The average molecular weight is 414 g/mol. The average Bonchev–Trinajstić information content (AvgIpc) is 2.61. The largest absolute Gasteiger partial charge is 0.394 e. The Kier molecular flexibility index (Phi) is 7.03. The van der Waals surface area contributed by atoms with Crippen LogP contribution in [-0.2, 0) is 19.6 Å². The van der Waals surface area contributed by atoms with Crippen LogP contribution in [0.2, 0.25) is 0 Å². The van der Waals surface area contributed by atoms with Gasteiger partial charge in [-0.2, -0.15) is 0 Å². The van der Waals surface area contributed by atoms with Gasteiger partial charge in [-0.1, -0.05) is 12.5 Å². The van der Waals surface area contributed by atoms with Gasteiger partial charge >= 0.3 is 0 Å². The fourth-order valence-electron chi connectivity index (χ4n) is 3.55. The van der Waals surface area contributed by atoms with E-state index in [9.17, 15) is 22.7 Å². The van der Waals surface area contributed by atoms with Crippen LogP contribution in [0.5, 0.6) is 0 Å². The predicted octanol–water partition coefficient (Wildman–Crippen LogP) is 1.32. The standard InChI is InChI=1S/C19H27FN2O5S/c20-14-5-2-6-16(11-14)28(25,26)22-17-8-7-15(27-18(17)12-23)9-10-21-19(24)13-3-1-4-13/h2,5-6,11,13,15,17-18,22-23H,1,3-4,7-10,12H2,(H,21,24)/t15-,17+,18-/m1/s1. The molecule has 9 heteroatoms. The highest BCUT2D eigenvalue weighted by molar-refractivity contribution is 7.89. The van der Waals surface area contributed by atoms with Crippen LogP contribution in [0.4, 0.5) is 4.39 Å². The Balaban J connectivity index is 1.50. The van der Waals surface area contributed by atoms with Gasteiger partial charge in [-0.25, -0.2) is 17.5 Å². The van der Waals surface area contributed by atoms with E-state index >= 15 is 0 Å². The van der Waals surface area contributed by atoms with Crippen molar-refractivity contribution < 1.29 is 27.4 Å². The summed E-state index contributed by atoms with van der Waals surface area (Å²) in [6, 6.07) is 4.18. The number of carbonyl (C=O) groups is 1. The van der Waals surface area contributed by atoms with Gasteiger partial charge in [-0.05, 0) is 50.3 Å². The fourth-order valence-corrected chi connectivity index (χ4v) is 4.88. The van der Waals surface area contributed by atoms with Crippen LogP contribution >= 0.6 is 0 Å². The molecule has 156 valence electrons. The summed E-state index contributed by atoms with van der Waals surface area (Å²) in [7, 11) is -3.92. The van der Waals surface area contributed by atoms with Gasteiger partial charge < -0.3 is 15.2 Å². The minimum atomic E-state index is -3.92. The molecule has 3 rings (SSSR count). The zero-order valence-electron chi connectivity index (χ0n) is 15.6. The normalized spacial score (nSPS) is 25.9. The third-order valence-corrected chi connectivity index (χ3v) is 6.94. The van der Waals surface area contributed by atoms with Crippen molar-refractivity contribution >= 4 is 15.9 Å². The maximum absolute atomic E-state index is 13.3. The highest BCUT2D eigenvalue weighted by atomic mass is 32.2. The number of aliphatic hydroxyl groups is 1. The predicted molar refractivity (Wildman–Crippen MR) is 100 cm³/mol. The summed E-state index contributed by atoms with van der Waals surface area (Å²) in [6.07, 6.45) is 3.86. The number of hydrogen-bond donors (Lipinski definition) is 3. The minimum absolute atomic E-state index is 0.0847. The minimum Gasteiger partial charge on any atom is -0.394 e. The Morgan fingerprint density at radius 3 is 2.68 bits per heavy atom. The topological polar surface area (TPSA) is 105 Å². The number of rotatable bonds is 8. The van der Waals surface area contributed by atoms with E-state index in [4.69, 9.17) is 4.74 Å². The van der Waals surface area contributed by atoms with E-state index in [0.29, 0.717) is 25.8 Å². The van der Waals surface area contributed by atoms with Crippen LogP contribution in [0, 0.1) is 11.7 Å². The molecule has 28 heavy (non-hydrogen) atoms. The van der Waals surface area contributed by atoms with Crippen LogP contribution in [0.25, 0.3) is 0 Å². The van der Waals surface area contributed by atoms with E-state index in [0.717, 1.165) is 25.3 Å². The molecule has 0 aromatic heterocycles. The first-order valence-corrected chi connectivity index (χ1v) is 11.2. The molecule has 1 saturated heterocycles. The molecule has 1 aliphatic carbocycles. The van der Waals surface area contributed by atoms with Crippen molar-refractivity contribution in [1.82, 2.24) is 10.0 Å². The van der Waals surface area contributed by atoms with Crippen LogP contribution in [0.3, 0.4) is 0 Å². The zero-order valence-corrected chi connectivity index (χ0v) is 16.5. The number of carbonyl (C=O) groups excluding carboxylic acids is 1. The van der Waals surface area contributed by atoms with Gasteiger partial charge in [0.05, 0.1) is 29.8 Å². The number of ether oxygens (including phenoxy) is 1. The van der Waals surface area contributed by atoms with Gasteiger partial charge in [0.15, 0.2) is 0 Å². The van der Waals surface area contributed by atoms with Gasteiger partial charge in [0.1, 0.15) is 5.82 Å². The lowest BCUT2D eigenvalue weighted by atomic mass is 9.85. The SMILES string of the molecule is O=C(NCC[C@H]1CC[C@H](NS(=O)(=O)c2cccc(F)c2)[C@@H](CO)O1)C1CCC1. The Bertz CT molecular complexity index is 784. The van der Waals surface area contributed by atoms with E-state index in [1.807, 2.05) is 0 Å². The maximum Gasteiger partial charge on any atom is 0.241 e. The molecule has 3 atom stereocenters.